The van der Waals surface area contributed by atoms with Crippen LogP contribution in [0.15, 0.2) is 0 Å². The van der Waals surface area contributed by atoms with Crippen LogP contribution in [0, 0.1) is 11.3 Å². The van der Waals surface area contributed by atoms with Crippen LogP contribution >= 0.6 is 0 Å². The maximum atomic E-state index is 12.7. The molecule has 1 unspecified atom stereocenters. The molecule has 1 atom stereocenters. The summed E-state index contributed by atoms with van der Waals surface area (Å²) < 4.78 is 0. The van der Waals surface area contributed by atoms with Gasteiger partial charge in [-0.15, -0.1) is 0 Å². The topological polar surface area (TPSA) is 49.6 Å². The predicted octanol–water partition coefficient (Wildman–Crippen LogP) is 1.06. The molecule has 2 N–H and O–H groups in total. The largest absolute Gasteiger partial charge is 0.341 e. The second-order valence-electron chi connectivity index (χ2n) is 6.93. The highest BCUT2D eigenvalue weighted by atomic mass is 16.2. The van der Waals surface area contributed by atoms with Crippen LogP contribution in [-0.2, 0) is 4.79 Å². The fourth-order valence-corrected chi connectivity index (χ4v) is 4.37. The molecule has 2 saturated heterocycles. The van der Waals surface area contributed by atoms with Crippen LogP contribution < -0.4 is 5.73 Å². The molecule has 4 heteroatoms. The summed E-state index contributed by atoms with van der Waals surface area (Å²) in [6.45, 7) is 7.09. The Labute approximate surface area is 116 Å². The second kappa shape index (κ2) is 5.06. The number of hydrogen-bond donors (Lipinski definition) is 1. The number of hydrogen-bond acceptors (Lipinski definition) is 3. The summed E-state index contributed by atoms with van der Waals surface area (Å²) in [7, 11) is 0. The minimum absolute atomic E-state index is 0.209. The number of carbonyl (C=O) groups is 1. The highest BCUT2D eigenvalue weighted by Gasteiger charge is 2.50. The van der Waals surface area contributed by atoms with Gasteiger partial charge in [-0.1, -0.05) is 6.92 Å². The summed E-state index contributed by atoms with van der Waals surface area (Å²) >= 11 is 0. The van der Waals surface area contributed by atoms with Crippen molar-refractivity contribution in [3.63, 3.8) is 0 Å². The Morgan fingerprint density at radius 3 is 2.53 bits per heavy atom. The first-order valence-corrected chi connectivity index (χ1v) is 7.88. The number of likely N-dealkylation sites (tertiary alicyclic amines) is 2. The fourth-order valence-electron chi connectivity index (χ4n) is 4.37. The van der Waals surface area contributed by atoms with Gasteiger partial charge in [0.05, 0.1) is 5.41 Å². The molecule has 0 aromatic heterocycles. The van der Waals surface area contributed by atoms with Gasteiger partial charge in [0, 0.05) is 25.7 Å². The van der Waals surface area contributed by atoms with Crippen molar-refractivity contribution in [2.24, 2.45) is 17.1 Å². The molecule has 2 aliphatic heterocycles. The summed E-state index contributed by atoms with van der Waals surface area (Å²) in [5.74, 6) is 1.01. The van der Waals surface area contributed by atoms with Crippen LogP contribution in [-0.4, -0.2) is 54.5 Å². The monoisotopic (exact) mass is 265 g/mol. The van der Waals surface area contributed by atoms with E-state index < -0.39 is 0 Å². The van der Waals surface area contributed by atoms with Crippen molar-refractivity contribution in [3.8, 4) is 0 Å². The zero-order valence-electron chi connectivity index (χ0n) is 12.1. The van der Waals surface area contributed by atoms with Crippen LogP contribution in [0.3, 0.4) is 0 Å². The molecule has 4 nitrogen and oxygen atoms in total. The predicted molar refractivity (Wildman–Crippen MR) is 75.7 cm³/mol. The molecule has 19 heavy (non-hydrogen) atoms. The number of carbonyl (C=O) groups excluding carboxylic acids is 1. The minimum Gasteiger partial charge on any atom is -0.341 e. The van der Waals surface area contributed by atoms with E-state index in [-0.39, 0.29) is 5.41 Å². The Kier molecular flexibility index (Phi) is 3.56. The second-order valence-corrected chi connectivity index (χ2v) is 6.93. The summed E-state index contributed by atoms with van der Waals surface area (Å²) in [4.78, 5) is 17.4. The Morgan fingerprint density at radius 2 is 1.95 bits per heavy atom. The van der Waals surface area contributed by atoms with Gasteiger partial charge < -0.3 is 10.6 Å². The van der Waals surface area contributed by atoms with E-state index in [1.165, 1.54) is 25.9 Å². The molecule has 3 fully saturated rings. The molecule has 0 radical (unpaired) electrons. The molecule has 0 spiro atoms. The summed E-state index contributed by atoms with van der Waals surface area (Å²) in [5, 5.41) is 0. The third-order valence-corrected chi connectivity index (χ3v) is 5.43. The molecule has 2 heterocycles. The van der Waals surface area contributed by atoms with Gasteiger partial charge >= 0.3 is 0 Å². The zero-order chi connectivity index (χ0) is 13.5. The molecule has 108 valence electrons. The van der Waals surface area contributed by atoms with Gasteiger partial charge in [0.2, 0.25) is 5.91 Å². The molecule has 1 amide bonds. The first kappa shape index (κ1) is 13.4. The van der Waals surface area contributed by atoms with Crippen molar-refractivity contribution in [2.75, 3.05) is 32.7 Å². The number of nitrogens with two attached hydrogens (primary N) is 1. The molecule has 0 aromatic carbocycles. The summed E-state index contributed by atoms with van der Waals surface area (Å²) in [5.41, 5.74) is 5.69. The molecule has 0 bridgehead atoms. The summed E-state index contributed by atoms with van der Waals surface area (Å²) in [6, 6.07) is 0.610. The summed E-state index contributed by atoms with van der Waals surface area (Å²) in [6.07, 6.45) is 5.80. The van der Waals surface area contributed by atoms with Crippen molar-refractivity contribution >= 4 is 5.91 Å². The van der Waals surface area contributed by atoms with Crippen LogP contribution in [0.2, 0.25) is 0 Å². The van der Waals surface area contributed by atoms with Gasteiger partial charge in [0.15, 0.2) is 0 Å². The van der Waals surface area contributed by atoms with E-state index in [0.29, 0.717) is 24.4 Å². The van der Waals surface area contributed by atoms with Gasteiger partial charge in [-0.25, -0.2) is 0 Å². The Hall–Kier alpha value is -0.610. The maximum absolute atomic E-state index is 12.7. The van der Waals surface area contributed by atoms with E-state index in [2.05, 4.69) is 16.7 Å². The third kappa shape index (κ3) is 2.29. The Bertz CT molecular complexity index is 345. The number of nitrogens with zero attached hydrogens (tertiary/aromatic N) is 2. The van der Waals surface area contributed by atoms with Crippen molar-refractivity contribution in [2.45, 2.75) is 45.1 Å². The smallest absolute Gasteiger partial charge is 0.230 e. The molecule has 0 aromatic rings. The highest BCUT2D eigenvalue weighted by molar-refractivity contribution is 5.84. The molecule has 1 aliphatic carbocycles. The number of rotatable bonds is 3. The zero-order valence-corrected chi connectivity index (χ0v) is 12.1. The van der Waals surface area contributed by atoms with E-state index in [1.807, 2.05) is 0 Å². The molecule has 3 aliphatic rings. The Balaban J connectivity index is 1.59. The van der Waals surface area contributed by atoms with Crippen LogP contribution in [0.25, 0.3) is 0 Å². The first-order chi connectivity index (χ1) is 9.14. The molecule has 3 rings (SSSR count). The lowest BCUT2D eigenvalue weighted by Gasteiger charge is -2.46. The van der Waals surface area contributed by atoms with E-state index in [0.717, 1.165) is 32.4 Å². The van der Waals surface area contributed by atoms with Crippen LogP contribution in [0.4, 0.5) is 0 Å². The van der Waals surface area contributed by atoms with Gasteiger partial charge in [0.1, 0.15) is 0 Å². The van der Waals surface area contributed by atoms with Crippen molar-refractivity contribution in [1.82, 2.24) is 9.80 Å². The van der Waals surface area contributed by atoms with E-state index in [9.17, 15) is 4.79 Å². The van der Waals surface area contributed by atoms with E-state index in [4.69, 9.17) is 5.73 Å². The lowest BCUT2D eigenvalue weighted by atomic mass is 9.62. The lowest BCUT2D eigenvalue weighted by molar-refractivity contribution is -0.148. The van der Waals surface area contributed by atoms with E-state index in [1.54, 1.807) is 0 Å². The van der Waals surface area contributed by atoms with E-state index >= 15 is 0 Å². The van der Waals surface area contributed by atoms with Crippen molar-refractivity contribution < 1.29 is 4.79 Å². The standard InChI is InChI=1S/C15H27N3O/c1-12-8-15(9-12,11-16)14(19)18-7-4-13(10-18)17-5-2-3-6-17/h12-13H,2-11,16H2,1H3. The first-order valence-electron chi connectivity index (χ1n) is 7.88. The molecular weight excluding hydrogens is 238 g/mol. The normalized spacial score (nSPS) is 39.6. The van der Waals surface area contributed by atoms with Crippen molar-refractivity contribution in [3.05, 3.63) is 0 Å². The molecular formula is C15H27N3O. The fraction of sp³-hybridized carbons (Fsp3) is 0.933. The maximum Gasteiger partial charge on any atom is 0.230 e. The van der Waals surface area contributed by atoms with Crippen molar-refractivity contribution in [1.29, 1.82) is 0 Å². The van der Waals surface area contributed by atoms with Crippen LogP contribution in [0.5, 0.6) is 0 Å². The van der Waals surface area contributed by atoms with Gasteiger partial charge in [-0.3, -0.25) is 9.69 Å². The van der Waals surface area contributed by atoms with Gasteiger partial charge in [0.25, 0.3) is 0 Å². The molecule has 1 saturated carbocycles. The van der Waals surface area contributed by atoms with Crippen LogP contribution in [0.1, 0.15) is 39.0 Å². The highest BCUT2D eigenvalue weighted by Crippen LogP contribution is 2.46. The van der Waals surface area contributed by atoms with Gasteiger partial charge in [-0.2, -0.15) is 0 Å². The third-order valence-electron chi connectivity index (χ3n) is 5.43. The lowest BCUT2D eigenvalue weighted by Crippen LogP contribution is -2.54. The minimum atomic E-state index is -0.209. The Morgan fingerprint density at radius 1 is 1.26 bits per heavy atom. The quantitative estimate of drug-likeness (QED) is 0.830. The average molecular weight is 265 g/mol. The number of amides is 1. The average Bonchev–Trinajstić information content (AvgIpc) is 3.02. The SMILES string of the molecule is CC1CC(CN)(C(=O)N2CCC(N3CCCC3)C2)C1. The van der Waals surface area contributed by atoms with Gasteiger partial charge in [-0.05, 0) is 51.1 Å².